The summed E-state index contributed by atoms with van der Waals surface area (Å²) in [6, 6.07) is 8.59. The number of anilines is 1. The van der Waals surface area contributed by atoms with Crippen molar-refractivity contribution >= 4 is 22.8 Å². The molecule has 0 saturated carbocycles. The van der Waals surface area contributed by atoms with Crippen molar-refractivity contribution in [3.63, 3.8) is 0 Å². The average Bonchev–Trinajstić information content (AvgIpc) is 2.60. The normalized spacial score (nSPS) is 15.9. The number of hydrogen-bond acceptors (Lipinski definition) is 5. The largest absolute Gasteiger partial charge is 0.491 e. The van der Waals surface area contributed by atoms with Crippen LogP contribution in [0, 0.1) is 5.41 Å². The standard InChI is InChI=1S/C21H30N4O/c1-5-7-12-26-21-14-20(18(22)13-19(21)23)24-16-8-10-17(11-9-16)25(6-2)15(3)4/h8-11,13-15,23H,5-7,12,22H2,1-4H3/b23-19?,24-20-. The van der Waals surface area contributed by atoms with Crippen molar-refractivity contribution in [3.8, 4) is 0 Å². The van der Waals surface area contributed by atoms with Crippen LogP contribution in [0.2, 0.25) is 0 Å². The molecule has 1 aliphatic carbocycles. The Labute approximate surface area is 156 Å². The minimum absolute atomic E-state index is 0.295. The van der Waals surface area contributed by atoms with Gasteiger partial charge in [-0.15, -0.1) is 0 Å². The molecule has 140 valence electrons. The lowest BCUT2D eigenvalue weighted by Gasteiger charge is -2.27. The van der Waals surface area contributed by atoms with Crippen LogP contribution < -0.4 is 10.6 Å². The molecule has 0 radical (unpaired) electrons. The first kappa shape index (κ1) is 19.8. The second-order valence-electron chi connectivity index (χ2n) is 6.62. The lowest BCUT2D eigenvalue weighted by Crippen LogP contribution is -2.30. The zero-order valence-corrected chi connectivity index (χ0v) is 16.2. The molecule has 0 atom stereocenters. The van der Waals surface area contributed by atoms with Crippen molar-refractivity contribution in [2.45, 2.75) is 46.6 Å². The zero-order valence-electron chi connectivity index (χ0n) is 16.2. The third kappa shape index (κ3) is 4.97. The highest BCUT2D eigenvalue weighted by Crippen LogP contribution is 2.23. The smallest absolute Gasteiger partial charge is 0.146 e. The minimum Gasteiger partial charge on any atom is -0.491 e. The van der Waals surface area contributed by atoms with E-state index in [4.69, 9.17) is 15.9 Å². The summed E-state index contributed by atoms with van der Waals surface area (Å²) < 4.78 is 5.69. The quantitative estimate of drug-likeness (QED) is 0.530. The number of benzene rings is 1. The van der Waals surface area contributed by atoms with Gasteiger partial charge in [0, 0.05) is 24.4 Å². The second-order valence-corrected chi connectivity index (χ2v) is 6.62. The fourth-order valence-corrected chi connectivity index (χ4v) is 2.83. The zero-order chi connectivity index (χ0) is 19.1. The third-order valence-corrected chi connectivity index (χ3v) is 4.28. The molecule has 0 aromatic heterocycles. The van der Waals surface area contributed by atoms with Crippen LogP contribution in [-0.2, 0) is 4.74 Å². The summed E-state index contributed by atoms with van der Waals surface area (Å²) in [7, 11) is 0. The van der Waals surface area contributed by atoms with E-state index in [1.807, 2.05) is 12.1 Å². The van der Waals surface area contributed by atoms with E-state index in [0.29, 0.717) is 35.5 Å². The summed E-state index contributed by atoms with van der Waals surface area (Å²) in [6.45, 7) is 10.2. The third-order valence-electron chi connectivity index (χ3n) is 4.28. The first-order valence-electron chi connectivity index (χ1n) is 9.32. The Hall–Kier alpha value is -2.56. The van der Waals surface area contributed by atoms with Crippen molar-refractivity contribution in [2.75, 3.05) is 18.1 Å². The van der Waals surface area contributed by atoms with E-state index in [2.05, 4.69) is 49.7 Å². The molecular weight excluding hydrogens is 324 g/mol. The highest BCUT2D eigenvalue weighted by molar-refractivity contribution is 6.22. The van der Waals surface area contributed by atoms with Crippen molar-refractivity contribution in [1.29, 1.82) is 5.41 Å². The monoisotopic (exact) mass is 354 g/mol. The van der Waals surface area contributed by atoms with Gasteiger partial charge in [-0.1, -0.05) is 13.3 Å². The van der Waals surface area contributed by atoms with Gasteiger partial charge in [0.15, 0.2) is 0 Å². The highest BCUT2D eigenvalue weighted by atomic mass is 16.5. The van der Waals surface area contributed by atoms with Gasteiger partial charge in [-0.05, 0) is 57.5 Å². The molecule has 1 aromatic rings. The summed E-state index contributed by atoms with van der Waals surface area (Å²) >= 11 is 0. The number of ether oxygens (including phenoxy) is 1. The molecule has 0 amide bonds. The topological polar surface area (TPSA) is 74.7 Å². The molecule has 26 heavy (non-hydrogen) atoms. The van der Waals surface area contributed by atoms with Crippen molar-refractivity contribution in [2.24, 2.45) is 10.7 Å². The van der Waals surface area contributed by atoms with Crippen LogP contribution in [0.15, 0.2) is 52.9 Å². The number of rotatable bonds is 8. The number of hydrogen-bond donors (Lipinski definition) is 2. The molecule has 2 rings (SSSR count). The predicted molar refractivity (Wildman–Crippen MR) is 111 cm³/mol. The SMILES string of the molecule is CCCCOC1=C/C(=N/c2ccc(N(CC)C(C)C)cc2)C(N)=CC1=N. The summed E-state index contributed by atoms with van der Waals surface area (Å²) in [6.07, 6.45) is 5.37. The molecule has 0 aliphatic heterocycles. The second kappa shape index (κ2) is 9.22. The van der Waals surface area contributed by atoms with E-state index in [9.17, 15) is 0 Å². The van der Waals surface area contributed by atoms with Crippen LogP contribution in [0.1, 0.15) is 40.5 Å². The molecule has 5 heteroatoms. The summed E-state index contributed by atoms with van der Waals surface area (Å²) in [4.78, 5) is 6.96. The number of nitrogens with two attached hydrogens (primary N) is 1. The number of aliphatic imine (C=N–C) groups is 1. The Morgan fingerprint density at radius 2 is 1.85 bits per heavy atom. The van der Waals surface area contributed by atoms with Gasteiger partial charge in [-0.2, -0.15) is 0 Å². The lowest BCUT2D eigenvalue weighted by atomic mass is 10.1. The summed E-state index contributed by atoms with van der Waals surface area (Å²) in [5.41, 5.74) is 9.48. The number of nitrogens with zero attached hydrogens (tertiary/aromatic N) is 2. The van der Waals surface area contributed by atoms with Crippen LogP contribution in [0.4, 0.5) is 11.4 Å². The van der Waals surface area contributed by atoms with Gasteiger partial charge in [0.1, 0.15) is 5.76 Å². The predicted octanol–water partition coefficient (Wildman–Crippen LogP) is 4.57. The van der Waals surface area contributed by atoms with E-state index in [1.54, 1.807) is 12.2 Å². The molecule has 0 fully saturated rings. The van der Waals surface area contributed by atoms with Gasteiger partial charge in [-0.3, -0.25) is 5.41 Å². The fraction of sp³-hybridized carbons (Fsp3) is 0.429. The molecule has 0 unspecified atom stereocenters. The Morgan fingerprint density at radius 1 is 1.15 bits per heavy atom. The Bertz CT molecular complexity index is 714. The van der Waals surface area contributed by atoms with Crippen LogP contribution in [-0.4, -0.2) is 30.6 Å². The minimum atomic E-state index is 0.295. The molecule has 0 spiro atoms. The molecule has 0 saturated heterocycles. The molecule has 1 aliphatic rings. The maximum atomic E-state index is 8.01. The number of allylic oxidation sites excluding steroid dienone is 2. The molecule has 3 N–H and O–H groups in total. The maximum Gasteiger partial charge on any atom is 0.146 e. The van der Waals surface area contributed by atoms with Crippen LogP contribution in [0.5, 0.6) is 0 Å². The van der Waals surface area contributed by atoms with E-state index in [-0.39, 0.29) is 0 Å². The Morgan fingerprint density at radius 3 is 2.42 bits per heavy atom. The van der Waals surface area contributed by atoms with Gasteiger partial charge in [0.25, 0.3) is 0 Å². The van der Waals surface area contributed by atoms with Crippen molar-refractivity contribution < 1.29 is 4.74 Å². The molecule has 0 bridgehead atoms. The lowest BCUT2D eigenvalue weighted by molar-refractivity contribution is 0.226. The number of unbranched alkanes of at least 4 members (excludes halogenated alkanes) is 1. The Kier molecular flexibility index (Phi) is 7.01. The first-order chi connectivity index (χ1) is 12.5. The van der Waals surface area contributed by atoms with Crippen molar-refractivity contribution in [1.82, 2.24) is 0 Å². The molecule has 1 aromatic carbocycles. The van der Waals surface area contributed by atoms with Gasteiger partial charge < -0.3 is 15.4 Å². The number of nitrogens with one attached hydrogen (secondary N) is 1. The van der Waals surface area contributed by atoms with Gasteiger partial charge in [-0.25, -0.2) is 4.99 Å². The van der Waals surface area contributed by atoms with E-state index in [0.717, 1.165) is 25.1 Å². The summed E-state index contributed by atoms with van der Waals surface area (Å²) in [5, 5.41) is 8.01. The summed E-state index contributed by atoms with van der Waals surface area (Å²) in [5.74, 6) is 0.528. The van der Waals surface area contributed by atoms with Gasteiger partial charge >= 0.3 is 0 Å². The van der Waals surface area contributed by atoms with E-state index in [1.165, 1.54) is 5.69 Å². The van der Waals surface area contributed by atoms with E-state index >= 15 is 0 Å². The maximum absolute atomic E-state index is 8.01. The van der Waals surface area contributed by atoms with Crippen molar-refractivity contribution in [3.05, 3.63) is 47.9 Å². The fourth-order valence-electron chi connectivity index (χ4n) is 2.83. The van der Waals surface area contributed by atoms with Crippen LogP contribution in [0.25, 0.3) is 0 Å². The van der Waals surface area contributed by atoms with Gasteiger partial charge in [0.2, 0.25) is 0 Å². The molecular formula is C21H30N4O. The average molecular weight is 354 g/mol. The first-order valence-corrected chi connectivity index (χ1v) is 9.32. The molecule has 5 nitrogen and oxygen atoms in total. The molecule has 0 heterocycles. The van der Waals surface area contributed by atoms with Crippen LogP contribution in [0.3, 0.4) is 0 Å². The highest BCUT2D eigenvalue weighted by Gasteiger charge is 2.16. The van der Waals surface area contributed by atoms with Crippen LogP contribution >= 0.6 is 0 Å². The van der Waals surface area contributed by atoms with E-state index < -0.39 is 0 Å². The Balaban J connectivity index is 2.21. The van der Waals surface area contributed by atoms with Gasteiger partial charge in [0.05, 0.1) is 29.4 Å².